The highest BCUT2D eigenvalue weighted by Gasteiger charge is 2.36. The van der Waals surface area contributed by atoms with Crippen molar-refractivity contribution in [2.75, 3.05) is 50.0 Å². The average molecular weight is 374 g/mol. The molecule has 0 unspecified atom stereocenters. The summed E-state index contributed by atoms with van der Waals surface area (Å²) in [6.07, 6.45) is 3.96. The Morgan fingerprint density at radius 2 is 1.93 bits per heavy atom. The first kappa shape index (κ1) is 19.6. The summed E-state index contributed by atoms with van der Waals surface area (Å²) in [4.78, 5) is 35.7. The molecular weight excluding hydrogens is 342 g/mol. The lowest BCUT2D eigenvalue weighted by molar-refractivity contribution is -0.130. The van der Waals surface area contributed by atoms with Gasteiger partial charge < -0.3 is 20.0 Å². The Morgan fingerprint density at radius 1 is 1.22 bits per heavy atom. The second-order valence-corrected chi connectivity index (χ2v) is 7.60. The minimum absolute atomic E-state index is 0.0854. The number of likely N-dealkylation sites (tertiary alicyclic amines) is 1. The van der Waals surface area contributed by atoms with Crippen LogP contribution in [0.1, 0.15) is 33.1 Å². The number of piperazine rings is 1. The van der Waals surface area contributed by atoms with Crippen molar-refractivity contribution in [2.45, 2.75) is 39.2 Å². The Kier molecular flexibility index (Phi) is 6.31. The molecule has 1 aromatic heterocycles. The molecule has 7 nitrogen and oxygen atoms in total. The standard InChI is InChI=1S/C20H31N5O2/c1-4-16(5-2)25-14-15(12-19(25)26)20(27)22-18-7-6-17(13-21-18)24-10-8-23(3)9-11-24/h6-7,13,15-16H,4-5,8-12,14H2,1-3H3,(H,21,22,27)/t15-/m1/s1. The zero-order chi connectivity index (χ0) is 19.4. The van der Waals surface area contributed by atoms with Gasteiger partial charge in [-0.3, -0.25) is 9.59 Å². The number of pyridine rings is 1. The smallest absolute Gasteiger partial charge is 0.230 e. The van der Waals surface area contributed by atoms with Crippen LogP contribution in [-0.2, 0) is 9.59 Å². The number of aromatic nitrogens is 1. The molecule has 148 valence electrons. The Balaban J connectivity index is 1.56. The number of rotatable bonds is 6. The molecule has 2 saturated heterocycles. The van der Waals surface area contributed by atoms with Gasteiger partial charge in [-0.1, -0.05) is 13.8 Å². The van der Waals surface area contributed by atoms with Crippen molar-refractivity contribution in [3.8, 4) is 0 Å². The van der Waals surface area contributed by atoms with Crippen LogP contribution in [-0.4, -0.2) is 72.4 Å². The van der Waals surface area contributed by atoms with Crippen molar-refractivity contribution in [1.29, 1.82) is 0 Å². The van der Waals surface area contributed by atoms with E-state index in [1.807, 2.05) is 23.2 Å². The number of amides is 2. The lowest BCUT2D eigenvalue weighted by Crippen LogP contribution is -2.44. The molecule has 0 aliphatic carbocycles. The number of hydrogen-bond donors (Lipinski definition) is 1. The van der Waals surface area contributed by atoms with Crippen LogP contribution < -0.4 is 10.2 Å². The first-order chi connectivity index (χ1) is 13.0. The third-order valence-electron chi connectivity index (χ3n) is 5.78. The lowest BCUT2D eigenvalue weighted by atomic mass is 10.1. The number of nitrogens with zero attached hydrogens (tertiary/aromatic N) is 4. The molecule has 2 aliphatic heterocycles. The van der Waals surface area contributed by atoms with Crippen LogP contribution in [0.3, 0.4) is 0 Å². The van der Waals surface area contributed by atoms with Gasteiger partial charge in [-0.05, 0) is 32.0 Å². The SMILES string of the molecule is CCC(CC)N1C[C@H](C(=O)Nc2ccc(N3CCN(C)CC3)cn2)CC1=O. The second kappa shape index (κ2) is 8.69. The fraction of sp³-hybridized carbons (Fsp3) is 0.650. The highest BCUT2D eigenvalue weighted by molar-refractivity contribution is 5.96. The normalized spacial score (nSPS) is 21.2. The van der Waals surface area contributed by atoms with E-state index >= 15 is 0 Å². The molecule has 3 heterocycles. The molecule has 0 aromatic carbocycles. The molecule has 1 N–H and O–H groups in total. The number of carbonyl (C=O) groups excluding carboxylic acids is 2. The van der Waals surface area contributed by atoms with Crippen molar-refractivity contribution in [1.82, 2.24) is 14.8 Å². The molecule has 1 atom stereocenters. The van der Waals surface area contributed by atoms with Crippen LogP contribution in [0.25, 0.3) is 0 Å². The van der Waals surface area contributed by atoms with Gasteiger partial charge in [-0.25, -0.2) is 4.98 Å². The van der Waals surface area contributed by atoms with E-state index in [2.05, 4.69) is 41.0 Å². The van der Waals surface area contributed by atoms with E-state index in [1.54, 1.807) is 0 Å². The van der Waals surface area contributed by atoms with E-state index in [9.17, 15) is 9.59 Å². The van der Waals surface area contributed by atoms with Gasteiger partial charge in [-0.2, -0.15) is 0 Å². The van der Waals surface area contributed by atoms with Crippen LogP contribution in [0.4, 0.5) is 11.5 Å². The fourth-order valence-electron chi connectivity index (χ4n) is 3.93. The largest absolute Gasteiger partial charge is 0.368 e. The number of carbonyl (C=O) groups is 2. The lowest BCUT2D eigenvalue weighted by Gasteiger charge is -2.33. The third kappa shape index (κ3) is 4.58. The Hall–Kier alpha value is -2.15. The van der Waals surface area contributed by atoms with Gasteiger partial charge in [0.1, 0.15) is 5.82 Å². The van der Waals surface area contributed by atoms with Crippen molar-refractivity contribution >= 4 is 23.3 Å². The monoisotopic (exact) mass is 373 g/mol. The number of likely N-dealkylation sites (N-methyl/N-ethyl adjacent to an activating group) is 1. The zero-order valence-electron chi connectivity index (χ0n) is 16.6. The number of nitrogens with one attached hydrogen (secondary N) is 1. The van der Waals surface area contributed by atoms with Gasteiger partial charge in [0.2, 0.25) is 11.8 Å². The Morgan fingerprint density at radius 3 is 2.52 bits per heavy atom. The van der Waals surface area contributed by atoms with Crippen LogP contribution >= 0.6 is 0 Å². The van der Waals surface area contributed by atoms with Crippen LogP contribution in [0, 0.1) is 5.92 Å². The number of hydrogen-bond acceptors (Lipinski definition) is 5. The molecule has 3 rings (SSSR count). The molecule has 27 heavy (non-hydrogen) atoms. The third-order valence-corrected chi connectivity index (χ3v) is 5.78. The van der Waals surface area contributed by atoms with E-state index in [0.29, 0.717) is 18.8 Å². The maximum Gasteiger partial charge on any atom is 0.230 e. The van der Waals surface area contributed by atoms with E-state index in [1.165, 1.54) is 0 Å². The Labute approximate surface area is 161 Å². The van der Waals surface area contributed by atoms with E-state index in [-0.39, 0.29) is 23.8 Å². The molecule has 1 aromatic rings. The molecule has 2 amide bonds. The first-order valence-electron chi connectivity index (χ1n) is 10.0. The fourth-order valence-corrected chi connectivity index (χ4v) is 3.93. The topological polar surface area (TPSA) is 68.8 Å². The van der Waals surface area contributed by atoms with Gasteiger partial charge in [-0.15, -0.1) is 0 Å². The van der Waals surface area contributed by atoms with Gasteiger partial charge in [0.15, 0.2) is 0 Å². The molecule has 0 spiro atoms. The summed E-state index contributed by atoms with van der Waals surface area (Å²) in [7, 11) is 2.13. The van der Waals surface area contributed by atoms with E-state index < -0.39 is 0 Å². The van der Waals surface area contributed by atoms with E-state index in [4.69, 9.17) is 0 Å². The van der Waals surface area contributed by atoms with Crippen LogP contribution in [0.15, 0.2) is 18.3 Å². The second-order valence-electron chi connectivity index (χ2n) is 7.60. The zero-order valence-corrected chi connectivity index (χ0v) is 16.6. The summed E-state index contributed by atoms with van der Waals surface area (Å²) in [5.41, 5.74) is 1.08. The molecule has 0 bridgehead atoms. The van der Waals surface area contributed by atoms with Gasteiger partial charge >= 0.3 is 0 Å². The predicted molar refractivity (Wildman–Crippen MR) is 107 cm³/mol. The van der Waals surface area contributed by atoms with Gasteiger partial charge in [0, 0.05) is 45.2 Å². The summed E-state index contributed by atoms with van der Waals surface area (Å²) in [6, 6.07) is 4.09. The van der Waals surface area contributed by atoms with Gasteiger partial charge in [0.05, 0.1) is 17.8 Å². The highest BCUT2D eigenvalue weighted by atomic mass is 16.2. The molecule has 2 fully saturated rings. The molecule has 2 aliphatic rings. The van der Waals surface area contributed by atoms with Crippen molar-refractivity contribution < 1.29 is 9.59 Å². The predicted octanol–water partition coefficient (Wildman–Crippen LogP) is 1.81. The summed E-state index contributed by atoms with van der Waals surface area (Å²) in [6.45, 7) is 8.74. The quantitative estimate of drug-likeness (QED) is 0.824. The minimum Gasteiger partial charge on any atom is -0.368 e. The van der Waals surface area contributed by atoms with Crippen molar-refractivity contribution in [2.24, 2.45) is 5.92 Å². The van der Waals surface area contributed by atoms with Gasteiger partial charge in [0.25, 0.3) is 0 Å². The number of anilines is 2. The molecular formula is C20H31N5O2. The van der Waals surface area contributed by atoms with Crippen LogP contribution in [0.2, 0.25) is 0 Å². The maximum atomic E-state index is 12.6. The summed E-state index contributed by atoms with van der Waals surface area (Å²) in [5, 5.41) is 2.88. The van der Waals surface area contributed by atoms with Crippen molar-refractivity contribution in [3.63, 3.8) is 0 Å². The summed E-state index contributed by atoms with van der Waals surface area (Å²) >= 11 is 0. The maximum absolute atomic E-state index is 12.6. The molecule has 7 heteroatoms. The highest BCUT2D eigenvalue weighted by Crippen LogP contribution is 2.24. The first-order valence-corrected chi connectivity index (χ1v) is 10.0. The summed E-state index contributed by atoms with van der Waals surface area (Å²) < 4.78 is 0. The summed E-state index contributed by atoms with van der Waals surface area (Å²) in [5.74, 6) is 0.224. The molecule has 0 saturated carbocycles. The van der Waals surface area contributed by atoms with E-state index in [0.717, 1.165) is 44.7 Å². The molecule has 0 radical (unpaired) electrons. The van der Waals surface area contributed by atoms with Crippen LogP contribution in [0.5, 0.6) is 0 Å². The van der Waals surface area contributed by atoms with Crippen molar-refractivity contribution in [3.05, 3.63) is 18.3 Å². The minimum atomic E-state index is -0.294. The Bertz CT molecular complexity index is 651. The average Bonchev–Trinajstić information content (AvgIpc) is 3.06.